The molecular weight excluding hydrogens is 273 g/mol. The summed E-state index contributed by atoms with van der Waals surface area (Å²) in [4.78, 5) is 0. The first-order valence-corrected chi connectivity index (χ1v) is 9.84. The normalized spacial score (nSPS) is 33.2. The Morgan fingerprint density at radius 2 is 1.13 bits per heavy atom. The molecule has 3 heteroatoms. The molecule has 0 radical (unpaired) electrons. The van der Waals surface area contributed by atoms with E-state index in [4.69, 9.17) is 0 Å². The summed E-state index contributed by atoms with van der Waals surface area (Å²) in [6.45, 7) is 4.86. The lowest BCUT2D eigenvalue weighted by molar-refractivity contribution is 0.206. The van der Waals surface area contributed by atoms with Crippen molar-refractivity contribution >= 4 is 23.5 Å². The van der Waals surface area contributed by atoms with Crippen LogP contribution in [0.2, 0.25) is 5.82 Å². The molecule has 23 heavy (non-hydrogen) atoms. The van der Waals surface area contributed by atoms with Gasteiger partial charge in [0, 0.05) is 0 Å². The molecule has 0 saturated heterocycles. The Labute approximate surface area is 146 Å². The second-order valence-electron chi connectivity index (χ2n) is 10.0. The van der Waals surface area contributed by atoms with E-state index < -0.39 is 0 Å². The summed E-state index contributed by atoms with van der Waals surface area (Å²) in [5.41, 5.74) is 3.70. The Balaban J connectivity index is 1.75. The highest BCUT2D eigenvalue weighted by atomic mass is 14.4. The molecule has 2 aliphatic carbocycles. The zero-order chi connectivity index (χ0) is 16.7. The first-order valence-electron chi connectivity index (χ1n) is 9.84. The van der Waals surface area contributed by atoms with E-state index in [1.807, 2.05) is 0 Å². The second-order valence-corrected chi connectivity index (χ2v) is 10.0. The summed E-state index contributed by atoms with van der Waals surface area (Å²) in [5.74, 6) is 0.923. The second kappa shape index (κ2) is 6.05. The monoisotopic (exact) mass is 306 g/mol. The fourth-order valence-electron chi connectivity index (χ4n) is 4.73. The van der Waals surface area contributed by atoms with Crippen molar-refractivity contribution < 1.29 is 0 Å². The van der Waals surface area contributed by atoms with Crippen LogP contribution in [0.3, 0.4) is 0 Å². The third kappa shape index (κ3) is 3.59. The third-order valence-electron chi connectivity index (χ3n) is 7.36. The van der Waals surface area contributed by atoms with Crippen molar-refractivity contribution in [3.05, 3.63) is 35.4 Å². The van der Waals surface area contributed by atoms with E-state index in [2.05, 4.69) is 61.7 Å². The van der Waals surface area contributed by atoms with Gasteiger partial charge in [-0.1, -0.05) is 82.5 Å². The van der Waals surface area contributed by atoms with Gasteiger partial charge in [-0.05, 0) is 40.0 Å². The molecule has 2 saturated carbocycles. The minimum atomic E-state index is 0.399. The van der Waals surface area contributed by atoms with Gasteiger partial charge < -0.3 is 0 Å². The smallest absolute Gasteiger partial charge is 0.0697 e. The topological polar surface area (TPSA) is 0 Å². The lowest BCUT2D eigenvalue weighted by Crippen LogP contribution is -2.35. The van der Waals surface area contributed by atoms with Crippen LogP contribution < -0.4 is 0 Å². The maximum atomic E-state index is 2.49. The average molecular weight is 306 g/mol. The largest absolute Gasteiger partial charge is 0.115 e. The van der Waals surface area contributed by atoms with Gasteiger partial charge in [0.25, 0.3) is 0 Å². The maximum Gasteiger partial charge on any atom is 0.115 e. The number of hydrogen-bond donors (Lipinski definition) is 0. The number of rotatable bonds is 2. The molecule has 2 aliphatic rings. The lowest BCUT2D eigenvalue weighted by Gasteiger charge is -2.42. The highest BCUT2D eigenvalue weighted by molar-refractivity contribution is 6.17. The van der Waals surface area contributed by atoms with Crippen LogP contribution in [0.4, 0.5) is 0 Å². The average Bonchev–Trinajstić information content (AvgIpc) is 2.54. The Hall–Kier alpha value is -0.585. The summed E-state index contributed by atoms with van der Waals surface area (Å²) in [5, 5.41) is 0.816. The van der Waals surface area contributed by atoms with E-state index in [1.54, 1.807) is 11.1 Å². The molecule has 2 fully saturated rings. The molecule has 122 valence electrons. The third-order valence-corrected chi connectivity index (χ3v) is 7.36. The highest BCUT2D eigenvalue weighted by Gasteiger charge is 2.36. The number of benzene rings is 1. The van der Waals surface area contributed by atoms with Crippen molar-refractivity contribution in [2.45, 2.75) is 81.7 Å². The molecule has 1 aromatic carbocycles. The van der Waals surface area contributed by atoms with Crippen LogP contribution >= 0.6 is 0 Å². The van der Waals surface area contributed by atoms with Gasteiger partial charge in [-0.25, -0.2) is 0 Å². The molecule has 0 unspecified atom stereocenters. The van der Waals surface area contributed by atoms with E-state index in [-0.39, 0.29) is 0 Å². The summed E-state index contributed by atoms with van der Waals surface area (Å²) >= 11 is 0. The van der Waals surface area contributed by atoms with Gasteiger partial charge >= 0.3 is 0 Å². The van der Waals surface area contributed by atoms with Crippen molar-refractivity contribution in [2.24, 2.45) is 5.41 Å². The molecular formula is C20H33B3. The minimum Gasteiger partial charge on any atom is -0.0697 e. The number of hydrogen-bond acceptors (Lipinski definition) is 0. The Bertz CT molecular complexity index is 529. The summed E-state index contributed by atoms with van der Waals surface area (Å²) in [6, 6.07) is 9.82. The van der Waals surface area contributed by atoms with Crippen molar-refractivity contribution in [3.8, 4) is 0 Å². The summed E-state index contributed by atoms with van der Waals surface area (Å²) in [7, 11) is 7.38. The van der Waals surface area contributed by atoms with Gasteiger partial charge in [0.2, 0.25) is 0 Å². The van der Waals surface area contributed by atoms with E-state index in [9.17, 15) is 0 Å². The van der Waals surface area contributed by atoms with Crippen molar-refractivity contribution in [1.82, 2.24) is 0 Å². The maximum absolute atomic E-state index is 2.49. The molecule has 0 amide bonds. The van der Waals surface area contributed by atoms with Crippen molar-refractivity contribution in [1.29, 1.82) is 0 Å². The van der Waals surface area contributed by atoms with Crippen LogP contribution in [-0.2, 0) is 10.6 Å². The van der Waals surface area contributed by atoms with Crippen LogP contribution in [0.25, 0.3) is 0 Å². The summed E-state index contributed by atoms with van der Waals surface area (Å²) in [6.07, 6.45) is 10.9. The molecule has 0 heterocycles. The molecule has 3 rings (SSSR count). The molecule has 0 N–H and O–H groups in total. The van der Waals surface area contributed by atoms with Crippen molar-refractivity contribution in [2.75, 3.05) is 0 Å². The molecule has 0 bridgehead atoms. The van der Waals surface area contributed by atoms with Crippen LogP contribution in [0.15, 0.2) is 24.3 Å². The van der Waals surface area contributed by atoms with Crippen LogP contribution in [-0.4, -0.2) is 23.5 Å². The quantitative estimate of drug-likeness (QED) is 0.737. The van der Waals surface area contributed by atoms with Gasteiger partial charge in [0.1, 0.15) is 23.5 Å². The van der Waals surface area contributed by atoms with Crippen LogP contribution in [0.1, 0.15) is 76.3 Å². The zero-order valence-electron chi connectivity index (χ0n) is 16.0. The Kier molecular flexibility index (Phi) is 4.53. The molecule has 0 aliphatic heterocycles. The zero-order valence-corrected chi connectivity index (χ0v) is 16.0. The van der Waals surface area contributed by atoms with E-state index in [0.717, 1.165) is 5.82 Å². The first-order chi connectivity index (χ1) is 10.7. The van der Waals surface area contributed by atoms with Crippen LogP contribution in [0, 0.1) is 5.41 Å². The van der Waals surface area contributed by atoms with Gasteiger partial charge in [-0.2, -0.15) is 0 Å². The molecule has 1 aromatic rings. The molecule has 0 aromatic heterocycles. The van der Waals surface area contributed by atoms with E-state index in [1.165, 1.54) is 51.4 Å². The highest BCUT2D eigenvalue weighted by Crippen LogP contribution is 2.46. The fourth-order valence-corrected chi connectivity index (χ4v) is 4.73. The predicted molar refractivity (Wildman–Crippen MR) is 110 cm³/mol. The molecule has 0 nitrogen and oxygen atoms in total. The predicted octanol–water partition coefficient (Wildman–Crippen LogP) is 2.94. The van der Waals surface area contributed by atoms with Gasteiger partial charge in [-0.3, -0.25) is 0 Å². The first kappa shape index (κ1) is 17.2. The SMILES string of the molecule is BC1CCC(B)(c2ccc(C3(B)CCC(C)(C)CC3)cc2)CC1. The van der Waals surface area contributed by atoms with E-state index >= 15 is 0 Å². The fraction of sp³-hybridized carbons (Fsp3) is 0.700. The minimum absolute atomic E-state index is 0.399. The van der Waals surface area contributed by atoms with Gasteiger partial charge in [0.15, 0.2) is 0 Å². The summed E-state index contributed by atoms with van der Waals surface area (Å²) < 4.78 is 0. The molecule has 0 spiro atoms. The molecule has 0 atom stereocenters. The van der Waals surface area contributed by atoms with Crippen molar-refractivity contribution in [3.63, 3.8) is 0 Å². The van der Waals surface area contributed by atoms with Gasteiger partial charge in [0.05, 0.1) is 0 Å². The Morgan fingerprint density at radius 3 is 1.57 bits per heavy atom. The standard InChI is InChI=1S/C20H33B3/c1-18(2)11-13-20(23,14-12-18)16-5-3-15(4-6-16)19(22)9-7-17(21)8-10-19/h3-6,17H,7-14,21-23H2,1-2H3. The van der Waals surface area contributed by atoms with Gasteiger partial charge in [-0.15, -0.1) is 0 Å². The lowest BCUT2D eigenvalue weighted by atomic mass is 9.51. The Morgan fingerprint density at radius 1 is 0.739 bits per heavy atom. The van der Waals surface area contributed by atoms with Crippen LogP contribution in [0.5, 0.6) is 0 Å². The van der Waals surface area contributed by atoms with E-state index in [0.29, 0.717) is 16.0 Å².